The molecule has 1 aliphatic heterocycles. The summed E-state index contributed by atoms with van der Waals surface area (Å²) < 4.78 is 13.4. The smallest absolute Gasteiger partial charge is 0.259 e. The lowest BCUT2D eigenvalue weighted by Gasteiger charge is -2.24. The highest BCUT2D eigenvalue weighted by atomic mass is 19.1. The largest absolute Gasteiger partial charge is 0.506 e. The minimum atomic E-state index is -0.335. The second-order valence-electron chi connectivity index (χ2n) is 6.52. The Morgan fingerprint density at radius 3 is 2.73 bits per heavy atom. The monoisotopic (exact) mass is 351 g/mol. The standard InChI is InChI=1S/C20H18FN3O2/c1-24-8-6-13(7-9-24)17-15(12-2-4-14(21)5-3-12)10-16(25)19-18(17)20(26)23-11-22-19/h2-6,10-11,25H,7-9H2,1H3,(H,22,23,26). The molecule has 2 N–H and O–H groups in total. The lowest BCUT2D eigenvalue weighted by Crippen LogP contribution is -2.24. The van der Waals surface area contributed by atoms with Gasteiger partial charge in [-0.15, -0.1) is 0 Å². The zero-order valence-corrected chi connectivity index (χ0v) is 14.3. The molecule has 132 valence electrons. The topological polar surface area (TPSA) is 69.2 Å². The van der Waals surface area contributed by atoms with Crippen molar-refractivity contribution >= 4 is 16.5 Å². The molecule has 0 spiro atoms. The molecule has 0 saturated heterocycles. The summed E-state index contributed by atoms with van der Waals surface area (Å²) >= 11 is 0. The lowest BCUT2D eigenvalue weighted by molar-refractivity contribution is 0.370. The number of halogens is 1. The zero-order chi connectivity index (χ0) is 18.3. The fraction of sp³-hybridized carbons (Fsp3) is 0.200. The Hall–Kier alpha value is -2.99. The summed E-state index contributed by atoms with van der Waals surface area (Å²) in [7, 11) is 2.04. The Kier molecular flexibility index (Phi) is 4.05. The van der Waals surface area contributed by atoms with Crippen molar-refractivity contribution in [3.63, 3.8) is 0 Å². The summed E-state index contributed by atoms with van der Waals surface area (Å²) in [4.78, 5) is 21.5. The van der Waals surface area contributed by atoms with Crippen LogP contribution in [0.3, 0.4) is 0 Å². The molecule has 1 aromatic heterocycles. The first-order valence-corrected chi connectivity index (χ1v) is 8.42. The maximum Gasteiger partial charge on any atom is 0.259 e. The summed E-state index contributed by atoms with van der Waals surface area (Å²) in [5.74, 6) is -0.402. The van der Waals surface area contributed by atoms with E-state index in [0.29, 0.717) is 10.9 Å². The van der Waals surface area contributed by atoms with Crippen LogP contribution >= 0.6 is 0 Å². The van der Waals surface area contributed by atoms with Crippen molar-refractivity contribution in [2.45, 2.75) is 6.42 Å². The maximum atomic E-state index is 13.4. The van der Waals surface area contributed by atoms with E-state index in [4.69, 9.17) is 0 Å². The van der Waals surface area contributed by atoms with Gasteiger partial charge in [-0.05, 0) is 48.4 Å². The first kappa shape index (κ1) is 16.5. The van der Waals surface area contributed by atoms with Crippen molar-refractivity contribution in [1.82, 2.24) is 14.9 Å². The first-order valence-electron chi connectivity index (χ1n) is 8.42. The number of hydrogen-bond acceptors (Lipinski definition) is 4. The number of phenols is 1. The molecule has 2 heterocycles. The van der Waals surface area contributed by atoms with Crippen molar-refractivity contribution in [3.05, 3.63) is 64.5 Å². The average molecular weight is 351 g/mol. The Balaban J connectivity index is 2.08. The van der Waals surface area contributed by atoms with Crippen LogP contribution in [0.1, 0.15) is 12.0 Å². The highest BCUT2D eigenvalue weighted by Gasteiger charge is 2.21. The molecule has 6 heteroatoms. The van der Waals surface area contributed by atoms with Gasteiger partial charge in [0.15, 0.2) is 0 Å². The molecule has 0 aliphatic carbocycles. The van der Waals surface area contributed by atoms with Gasteiger partial charge >= 0.3 is 0 Å². The molecule has 26 heavy (non-hydrogen) atoms. The van der Waals surface area contributed by atoms with Crippen LogP contribution in [-0.2, 0) is 0 Å². The zero-order valence-electron chi connectivity index (χ0n) is 14.3. The van der Waals surface area contributed by atoms with E-state index in [9.17, 15) is 14.3 Å². The van der Waals surface area contributed by atoms with Crippen LogP contribution in [0.4, 0.5) is 4.39 Å². The average Bonchev–Trinajstić information content (AvgIpc) is 2.64. The third kappa shape index (κ3) is 2.78. The quantitative estimate of drug-likeness (QED) is 0.744. The number of nitrogens with zero attached hydrogens (tertiary/aromatic N) is 2. The molecule has 0 fully saturated rings. The van der Waals surface area contributed by atoms with E-state index < -0.39 is 0 Å². The summed E-state index contributed by atoms with van der Waals surface area (Å²) in [5.41, 5.74) is 3.20. The Morgan fingerprint density at radius 2 is 2.04 bits per heavy atom. The highest BCUT2D eigenvalue weighted by Crippen LogP contribution is 2.39. The van der Waals surface area contributed by atoms with Gasteiger partial charge in [0.05, 0.1) is 11.7 Å². The van der Waals surface area contributed by atoms with Gasteiger partial charge in [0.25, 0.3) is 5.56 Å². The molecule has 0 radical (unpaired) electrons. The van der Waals surface area contributed by atoms with Crippen LogP contribution in [-0.4, -0.2) is 40.1 Å². The van der Waals surface area contributed by atoms with Crippen LogP contribution in [0.5, 0.6) is 5.75 Å². The number of likely N-dealkylation sites (N-methyl/N-ethyl adjacent to an activating group) is 1. The number of phenolic OH excluding ortho intramolecular Hbond substituents is 1. The molecule has 5 nitrogen and oxygen atoms in total. The Morgan fingerprint density at radius 1 is 1.27 bits per heavy atom. The third-order valence-electron chi connectivity index (χ3n) is 4.78. The summed E-state index contributed by atoms with van der Waals surface area (Å²) in [6.45, 7) is 1.65. The molecule has 3 aromatic rings. The SMILES string of the molecule is CN1CC=C(c2c(-c3ccc(F)cc3)cc(O)c3nc[nH]c(=O)c23)CC1. The van der Waals surface area contributed by atoms with Crippen LogP contribution in [0.15, 0.2) is 47.5 Å². The van der Waals surface area contributed by atoms with Crippen LogP contribution in [0, 0.1) is 5.82 Å². The van der Waals surface area contributed by atoms with Gasteiger partial charge in [-0.1, -0.05) is 18.2 Å². The van der Waals surface area contributed by atoms with Gasteiger partial charge < -0.3 is 15.0 Å². The van der Waals surface area contributed by atoms with Gasteiger partial charge in [-0.2, -0.15) is 0 Å². The number of fused-ring (bicyclic) bond motifs is 1. The third-order valence-corrected chi connectivity index (χ3v) is 4.78. The Bertz CT molecular complexity index is 1070. The van der Waals surface area contributed by atoms with E-state index in [1.165, 1.54) is 18.5 Å². The van der Waals surface area contributed by atoms with Crippen molar-refractivity contribution in [1.29, 1.82) is 0 Å². The predicted molar refractivity (Wildman–Crippen MR) is 99.5 cm³/mol. The van der Waals surface area contributed by atoms with Gasteiger partial charge in [0.1, 0.15) is 17.1 Å². The van der Waals surface area contributed by atoms with Gasteiger partial charge in [-0.3, -0.25) is 4.79 Å². The molecule has 0 amide bonds. The molecule has 0 unspecified atom stereocenters. The number of nitrogens with one attached hydrogen (secondary N) is 1. The second kappa shape index (κ2) is 6.38. The predicted octanol–water partition coefficient (Wildman–Crippen LogP) is 3.15. The van der Waals surface area contributed by atoms with Crippen molar-refractivity contribution in [2.24, 2.45) is 0 Å². The highest BCUT2D eigenvalue weighted by molar-refractivity contribution is 6.01. The summed E-state index contributed by atoms with van der Waals surface area (Å²) in [6, 6.07) is 7.66. The van der Waals surface area contributed by atoms with E-state index in [0.717, 1.165) is 36.2 Å². The fourth-order valence-corrected chi connectivity index (χ4v) is 3.43. The van der Waals surface area contributed by atoms with Gasteiger partial charge in [0, 0.05) is 18.7 Å². The summed E-state index contributed by atoms with van der Waals surface area (Å²) in [6.07, 6.45) is 4.16. The molecule has 0 saturated carbocycles. The second-order valence-corrected chi connectivity index (χ2v) is 6.52. The lowest BCUT2D eigenvalue weighted by atomic mass is 9.88. The molecular weight excluding hydrogens is 333 g/mol. The van der Waals surface area contributed by atoms with E-state index in [-0.39, 0.29) is 22.6 Å². The molecule has 2 aromatic carbocycles. The van der Waals surface area contributed by atoms with Crippen LogP contribution in [0.25, 0.3) is 27.6 Å². The van der Waals surface area contributed by atoms with Crippen molar-refractivity contribution in [3.8, 4) is 16.9 Å². The summed E-state index contributed by atoms with van der Waals surface area (Å²) in [5, 5.41) is 10.8. The molecule has 0 bridgehead atoms. The van der Waals surface area contributed by atoms with Crippen LogP contribution < -0.4 is 5.56 Å². The first-order chi connectivity index (χ1) is 12.5. The number of hydrogen-bond donors (Lipinski definition) is 2. The Labute approximate surface area is 149 Å². The normalized spacial score (nSPS) is 15.2. The molecule has 0 atom stereocenters. The number of aromatic hydroxyl groups is 1. The van der Waals surface area contributed by atoms with Crippen LogP contribution in [0.2, 0.25) is 0 Å². The molecule has 1 aliphatic rings. The number of aromatic nitrogens is 2. The van der Waals surface area contributed by atoms with E-state index >= 15 is 0 Å². The number of benzene rings is 2. The fourth-order valence-electron chi connectivity index (χ4n) is 3.43. The number of aromatic amines is 1. The van der Waals surface area contributed by atoms with Gasteiger partial charge in [0.2, 0.25) is 0 Å². The molecular formula is C20H18FN3O2. The van der Waals surface area contributed by atoms with E-state index in [1.807, 2.05) is 7.05 Å². The van der Waals surface area contributed by atoms with E-state index in [1.54, 1.807) is 18.2 Å². The maximum absolute atomic E-state index is 13.4. The molecule has 4 rings (SSSR count). The number of H-pyrrole nitrogens is 1. The van der Waals surface area contributed by atoms with Crippen molar-refractivity contribution < 1.29 is 9.50 Å². The van der Waals surface area contributed by atoms with Crippen molar-refractivity contribution in [2.75, 3.05) is 20.1 Å². The van der Waals surface area contributed by atoms with E-state index in [2.05, 4.69) is 20.9 Å². The minimum absolute atomic E-state index is 0.0669. The van der Waals surface area contributed by atoms with Gasteiger partial charge in [-0.25, -0.2) is 9.37 Å². The number of rotatable bonds is 2. The minimum Gasteiger partial charge on any atom is -0.506 e.